The van der Waals surface area contributed by atoms with Gasteiger partial charge in [0.2, 0.25) is 11.3 Å². The molecule has 0 saturated heterocycles. The Hall–Kier alpha value is -1.40. The van der Waals surface area contributed by atoms with E-state index >= 15 is 0 Å². The van der Waals surface area contributed by atoms with Gasteiger partial charge in [0.1, 0.15) is 0 Å². The van der Waals surface area contributed by atoms with Crippen LogP contribution in [0.3, 0.4) is 0 Å². The van der Waals surface area contributed by atoms with E-state index in [9.17, 15) is 31.2 Å². The number of hydrogen-bond acceptors (Lipinski definition) is 7. The van der Waals surface area contributed by atoms with Crippen LogP contribution in [0.1, 0.15) is 27.2 Å². The lowest BCUT2D eigenvalue weighted by molar-refractivity contribution is -0.201. The van der Waals surface area contributed by atoms with E-state index in [-0.39, 0.29) is 6.54 Å². The first kappa shape index (κ1) is 21.6. The van der Waals surface area contributed by atoms with Gasteiger partial charge >= 0.3 is 22.3 Å². The van der Waals surface area contributed by atoms with Gasteiger partial charge in [-0.05, 0) is 13.8 Å². The summed E-state index contributed by atoms with van der Waals surface area (Å²) in [5.41, 5.74) is 2.21. The topological polar surface area (TPSA) is 125 Å². The molecule has 23 heavy (non-hydrogen) atoms. The number of halogens is 3. The molecular weight excluding hydrogens is 345 g/mol. The van der Waals surface area contributed by atoms with Gasteiger partial charge < -0.3 is 15.8 Å². The molecule has 0 spiro atoms. The predicted molar refractivity (Wildman–Crippen MR) is 72.4 cm³/mol. The minimum atomic E-state index is -5.37. The monoisotopic (exact) mass is 364 g/mol. The third kappa shape index (κ3) is 9.36. The van der Waals surface area contributed by atoms with E-state index < -0.39 is 52.2 Å². The highest BCUT2D eigenvalue weighted by molar-refractivity contribution is 7.87. The standard InChI is InChI=1S/C11H19F3N2O6S/c1-7(17)16-5-4-8(22-9(18)11(12,13)14)23(19,20)21-6-10(2,3)15/h8H,4-6,15H2,1-3H3,(H,16,17). The van der Waals surface area contributed by atoms with Crippen molar-refractivity contribution in [2.24, 2.45) is 5.73 Å². The summed E-state index contributed by atoms with van der Waals surface area (Å²) in [5, 5.41) is 2.18. The predicted octanol–water partition coefficient (Wildman–Crippen LogP) is 0.0279. The van der Waals surface area contributed by atoms with E-state index in [0.29, 0.717) is 0 Å². The second-order valence-corrected chi connectivity index (χ2v) is 7.09. The highest BCUT2D eigenvalue weighted by Gasteiger charge is 2.44. The van der Waals surface area contributed by atoms with Crippen LogP contribution in [0.4, 0.5) is 13.2 Å². The first-order valence-electron chi connectivity index (χ1n) is 6.34. The normalized spacial score (nSPS) is 14.2. The Morgan fingerprint density at radius 3 is 2.17 bits per heavy atom. The number of rotatable bonds is 8. The minimum absolute atomic E-state index is 0.334. The number of carbonyl (C=O) groups is 2. The molecule has 8 nitrogen and oxygen atoms in total. The number of carbonyl (C=O) groups excluding carboxylic acids is 2. The summed E-state index contributed by atoms with van der Waals surface area (Å²) in [6.07, 6.45) is -5.98. The second-order valence-electron chi connectivity index (χ2n) is 5.35. The summed E-state index contributed by atoms with van der Waals surface area (Å²) >= 11 is 0. The Morgan fingerprint density at radius 2 is 1.78 bits per heavy atom. The molecule has 0 aliphatic heterocycles. The lowest BCUT2D eigenvalue weighted by atomic mass is 10.1. The fourth-order valence-electron chi connectivity index (χ4n) is 1.12. The van der Waals surface area contributed by atoms with Gasteiger partial charge in [-0.3, -0.25) is 8.98 Å². The van der Waals surface area contributed by atoms with E-state index in [1.54, 1.807) is 0 Å². The summed E-state index contributed by atoms with van der Waals surface area (Å²) in [7, 11) is -4.68. The van der Waals surface area contributed by atoms with Crippen LogP contribution in [0.15, 0.2) is 0 Å². The molecule has 0 aliphatic rings. The van der Waals surface area contributed by atoms with Crippen LogP contribution >= 0.6 is 0 Å². The van der Waals surface area contributed by atoms with Gasteiger partial charge in [0.05, 0.1) is 6.61 Å². The average molecular weight is 364 g/mol. The molecule has 1 atom stereocenters. The van der Waals surface area contributed by atoms with Crippen molar-refractivity contribution >= 4 is 22.0 Å². The molecule has 136 valence electrons. The second kappa shape index (κ2) is 7.93. The summed E-state index contributed by atoms with van der Waals surface area (Å²) in [6, 6.07) is 0. The van der Waals surface area contributed by atoms with Crippen molar-refractivity contribution in [1.29, 1.82) is 0 Å². The van der Waals surface area contributed by atoms with Crippen molar-refractivity contribution in [3.05, 3.63) is 0 Å². The molecule has 0 aromatic heterocycles. The van der Waals surface area contributed by atoms with Crippen LogP contribution in [0.5, 0.6) is 0 Å². The molecular formula is C11H19F3N2O6S. The molecule has 3 N–H and O–H groups in total. The number of esters is 1. The van der Waals surface area contributed by atoms with Crippen LogP contribution in [0, 0.1) is 0 Å². The molecule has 0 bridgehead atoms. The van der Waals surface area contributed by atoms with Gasteiger partial charge in [-0.25, -0.2) is 4.79 Å². The third-order valence-electron chi connectivity index (χ3n) is 2.14. The van der Waals surface area contributed by atoms with Crippen molar-refractivity contribution in [2.75, 3.05) is 13.2 Å². The molecule has 0 fully saturated rings. The number of hydrogen-bond donors (Lipinski definition) is 2. The van der Waals surface area contributed by atoms with Gasteiger partial charge in [0, 0.05) is 25.4 Å². The molecule has 0 radical (unpaired) electrons. The maximum Gasteiger partial charge on any atom is 0.490 e. The summed E-state index contributed by atoms with van der Waals surface area (Å²) in [6.45, 7) is 3.11. The molecule has 1 unspecified atom stereocenters. The summed E-state index contributed by atoms with van der Waals surface area (Å²) in [4.78, 5) is 21.6. The van der Waals surface area contributed by atoms with Crippen LogP contribution in [0.25, 0.3) is 0 Å². The average Bonchev–Trinajstić information content (AvgIpc) is 2.32. The van der Waals surface area contributed by atoms with Crippen molar-refractivity contribution < 1.29 is 40.1 Å². The number of nitrogens with one attached hydrogen (secondary N) is 1. The number of alkyl halides is 3. The van der Waals surface area contributed by atoms with Crippen LogP contribution < -0.4 is 11.1 Å². The van der Waals surface area contributed by atoms with Gasteiger partial charge in [-0.2, -0.15) is 21.6 Å². The fourth-order valence-corrected chi connectivity index (χ4v) is 2.36. The molecule has 0 aliphatic carbocycles. The molecule has 12 heteroatoms. The highest BCUT2D eigenvalue weighted by atomic mass is 32.2. The van der Waals surface area contributed by atoms with Crippen LogP contribution in [0.2, 0.25) is 0 Å². The highest BCUT2D eigenvalue weighted by Crippen LogP contribution is 2.21. The molecule has 1 amide bonds. The Labute approximate surface area is 131 Å². The number of amides is 1. The van der Waals surface area contributed by atoms with E-state index in [4.69, 9.17) is 5.73 Å². The van der Waals surface area contributed by atoms with Crippen molar-refractivity contribution in [1.82, 2.24) is 5.32 Å². The maximum absolute atomic E-state index is 12.2. The minimum Gasteiger partial charge on any atom is -0.437 e. The van der Waals surface area contributed by atoms with E-state index in [0.717, 1.165) is 6.92 Å². The summed E-state index contributed by atoms with van der Waals surface area (Å²) < 4.78 is 68.9. The smallest absolute Gasteiger partial charge is 0.437 e. The molecule has 0 aromatic rings. The lowest BCUT2D eigenvalue weighted by Crippen LogP contribution is -2.42. The Bertz CT molecular complexity index is 527. The van der Waals surface area contributed by atoms with Crippen molar-refractivity contribution in [3.8, 4) is 0 Å². The SMILES string of the molecule is CC(=O)NCCC(OC(=O)C(F)(F)F)S(=O)(=O)OCC(C)(C)N. The van der Waals surface area contributed by atoms with Crippen LogP contribution in [-0.2, 0) is 28.6 Å². The van der Waals surface area contributed by atoms with Gasteiger partial charge in [-0.15, -0.1) is 0 Å². The molecule has 0 aromatic carbocycles. The Balaban J connectivity index is 5.08. The molecule has 0 saturated carbocycles. The Kier molecular flexibility index (Phi) is 7.44. The van der Waals surface area contributed by atoms with Crippen molar-refractivity contribution in [2.45, 2.75) is 44.3 Å². The number of nitrogens with two attached hydrogens (primary N) is 1. The maximum atomic E-state index is 12.2. The van der Waals surface area contributed by atoms with Gasteiger partial charge in [-0.1, -0.05) is 0 Å². The zero-order valence-electron chi connectivity index (χ0n) is 12.8. The van der Waals surface area contributed by atoms with E-state index in [1.165, 1.54) is 13.8 Å². The molecule has 0 heterocycles. The quantitative estimate of drug-likeness (QED) is 0.460. The van der Waals surface area contributed by atoms with Crippen molar-refractivity contribution in [3.63, 3.8) is 0 Å². The van der Waals surface area contributed by atoms with Gasteiger partial charge in [0.25, 0.3) is 0 Å². The lowest BCUT2D eigenvalue weighted by Gasteiger charge is -2.22. The zero-order chi connectivity index (χ0) is 18.5. The van der Waals surface area contributed by atoms with E-state index in [2.05, 4.69) is 14.2 Å². The fraction of sp³-hybridized carbons (Fsp3) is 0.818. The largest absolute Gasteiger partial charge is 0.490 e. The van der Waals surface area contributed by atoms with E-state index in [1.807, 2.05) is 0 Å². The van der Waals surface area contributed by atoms with Gasteiger partial charge in [0.15, 0.2) is 0 Å². The zero-order valence-corrected chi connectivity index (χ0v) is 13.6. The first-order chi connectivity index (χ1) is 10.1. The molecule has 0 rings (SSSR count). The summed E-state index contributed by atoms with van der Waals surface area (Å²) in [5.74, 6) is -3.21. The Morgan fingerprint density at radius 1 is 1.26 bits per heavy atom. The number of ether oxygens (including phenoxy) is 1. The first-order valence-corrected chi connectivity index (χ1v) is 7.81. The third-order valence-corrected chi connectivity index (χ3v) is 3.56. The van der Waals surface area contributed by atoms with Crippen LogP contribution in [-0.4, -0.2) is 50.6 Å².